The monoisotopic (exact) mass is 254 g/mol. The van der Waals surface area contributed by atoms with Gasteiger partial charge in [-0.15, -0.1) is 0 Å². The molecular formula is C10H24BrP. The molecule has 0 aromatic heterocycles. The van der Waals surface area contributed by atoms with E-state index in [9.17, 15) is 0 Å². The molecule has 1 unspecified atom stereocenters. The first-order valence-electron chi connectivity index (χ1n) is 4.97. The van der Waals surface area contributed by atoms with Crippen LogP contribution in [-0.4, -0.2) is 5.33 Å². The van der Waals surface area contributed by atoms with Gasteiger partial charge in [0.2, 0.25) is 0 Å². The number of halogens is 1. The molecule has 0 aromatic rings. The maximum atomic E-state index is 3.44. The highest BCUT2D eigenvalue weighted by Crippen LogP contribution is 2.08. The summed E-state index contributed by atoms with van der Waals surface area (Å²) in [5, 5.41) is 1.18. The van der Waals surface area contributed by atoms with Gasteiger partial charge in [0.25, 0.3) is 0 Å². The van der Waals surface area contributed by atoms with Crippen molar-refractivity contribution in [3.05, 3.63) is 0 Å². The van der Waals surface area contributed by atoms with Crippen LogP contribution in [0.3, 0.4) is 0 Å². The lowest BCUT2D eigenvalue weighted by Gasteiger charge is -1.98. The van der Waals surface area contributed by atoms with Gasteiger partial charge in [-0.25, -0.2) is 0 Å². The molecule has 0 amide bonds. The molecule has 0 aromatic carbocycles. The Morgan fingerprint density at radius 1 is 0.750 bits per heavy atom. The standard InChI is InChI=1S/C10H21Br.H3P/c1-2-3-4-5-6-7-8-9-10-11;/h2-10H2,1H3;1H3. The summed E-state index contributed by atoms with van der Waals surface area (Å²) in [6.07, 6.45) is 11.4. The van der Waals surface area contributed by atoms with Crippen LogP contribution in [0.15, 0.2) is 0 Å². The van der Waals surface area contributed by atoms with Gasteiger partial charge in [0, 0.05) is 5.33 Å². The maximum Gasteiger partial charge on any atom is 0.00313 e. The normalized spacial score (nSPS) is 9.50. The third-order valence-corrected chi connectivity index (χ3v) is 2.55. The van der Waals surface area contributed by atoms with E-state index in [1.807, 2.05) is 0 Å². The summed E-state index contributed by atoms with van der Waals surface area (Å²) in [5.74, 6) is 0. The van der Waals surface area contributed by atoms with Crippen LogP contribution in [0.5, 0.6) is 0 Å². The third-order valence-electron chi connectivity index (χ3n) is 1.99. The molecule has 0 aliphatic rings. The van der Waals surface area contributed by atoms with Gasteiger partial charge in [-0.05, 0) is 6.42 Å². The zero-order valence-electron chi connectivity index (χ0n) is 8.45. The number of hydrogen-bond acceptors (Lipinski definition) is 0. The van der Waals surface area contributed by atoms with E-state index in [0.29, 0.717) is 0 Å². The van der Waals surface area contributed by atoms with Crippen LogP contribution in [0, 0.1) is 0 Å². The molecule has 0 rings (SSSR count). The fourth-order valence-electron chi connectivity index (χ4n) is 1.23. The number of unbranched alkanes of at least 4 members (excludes halogenated alkanes) is 7. The van der Waals surface area contributed by atoms with E-state index >= 15 is 0 Å². The van der Waals surface area contributed by atoms with E-state index in [0.717, 1.165) is 0 Å². The Kier molecular flexibility index (Phi) is 18.5. The molecule has 0 heterocycles. The molecule has 0 spiro atoms. The van der Waals surface area contributed by atoms with E-state index in [-0.39, 0.29) is 9.90 Å². The Balaban J connectivity index is 0. The largest absolute Gasteiger partial charge is 0.153 e. The van der Waals surface area contributed by atoms with Crippen LogP contribution in [0.25, 0.3) is 0 Å². The Morgan fingerprint density at radius 2 is 1.17 bits per heavy atom. The molecule has 0 nitrogen and oxygen atoms in total. The van der Waals surface area contributed by atoms with Crippen molar-refractivity contribution < 1.29 is 0 Å². The van der Waals surface area contributed by atoms with Gasteiger partial charge in [-0.2, -0.15) is 9.90 Å². The highest BCUT2D eigenvalue weighted by molar-refractivity contribution is 9.09. The zero-order valence-corrected chi connectivity index (χ0v) is 11.4. The molecule has 0 bridgehead atoms. The molecule has 0 fully saturated rings. The minimum Gasteiger partial charge on any atom is -0.153 e. The van der Waals surface area contributed by atoms with Crippen LogP contribution >= 0.6 is 25.8 Å². The lowest BCUT2D eigenvalue weighted by Crippen LogP contribution is -1.80. The Bertz CT molecular complexity index is 58.9. The molecular weight excluding hydrogens is 231 g/mol. The Morgan fingerprint density at radius 3 is 1.58 bits per heavy atom. The average Bonchev–Trinajstić information content (AvgIpc) is 2.03. The summed E-state index contributed by atoms with van der Waals surface area (Å²) in [7, 11) is 0. The molecule has 0 saturated heterocycles. The van der Waals surface area contributed by atoms with Crippen molar-refractivity contribution in [2.45, 2.75) is 58.3 Å². The number of rotatable bonds is 8. The van der Waals surface area contributed by atoms with E-state index < -0.39 is 0 Å². The van der Waals surface area contributed by atoms with Crippen LogP contribution in [-0.2, 0) is 0 Å². The smallest absolute Gasteiger partial charge is 0.00313 e. The predicted molar refractivity (Wildman–Crippen MR) is 67.5 cm³/mol. The summed E-state index contributed by atoms with van der Waals surface area (Å²) in [4.78, 5) is 0. The van der Waals surface area contributed by atoms with Crippen LogP contribution in [0.4, 0.5) is 0 Å². The molecule has 0 radical (unpaired) electrons. The number of alkyl halides is 1. The fourth-order valence-corrected chi connectivity index (χ4v) is 1.62. The van der Waals surface area contributed by atoms with Crippen molar-refractivity contribution in [2.24, 2.45) is 0 Å². The second-order valence-electron chi connectivity index (χ2n) is 3.16. The van der Waals surface area contributed by atoms with Crippen LogP contribution < -0.4 is 0 Å². The zero-order chi connectivity index (χ0) is 8.36. The van der Waals surface area contributed by atoms with Crippen molar-refractivity contribution in [1.82, 2.24) is 0 Å². The maximum absolute atomic E-state index is 3.44. The molecule has 12 heavy (non-hydrogen) atoms. The van der Waals surface area contributed by atoms with E-state index in [2.05, 4.69) is 22.9 Å². The highest BCUT2D eigenvalue weighted by atomic mass is 79.9. The SMILES string of the molecule is CCCCCCCCCCBr.P. The highest BCUT2D eigenvalue weighted by Gasteiger charge is 1.89. The summed E-state index contributed by atoms with van der Waals surface area (Å²) in [6.45, 7) is 2.27. The Labute approximate surface area is 89.6 Å². The quantitative estimate of drug-likeness (QED) is 0.338. The summed E-state index contributed by atoms with van der Waals surface area (Å²) < 4.78 is 0. The van der Waals surface area contributed by atoms with E-state index in [1.54, 1.807) is 0 Å². The van der Waals surface area contributed by atoms with Crippen molar-refractivity contribution in [2.75, 3.05) is 5.33 Å². The van der Waals surface area contributed by atoms with Gasteiger partial charge in [0.05, 0.1) is 0 Å². The molecule has 1 atom stereocenters. The molecule has 0 N–H and O–H groups in total. The van der Waals surface area contributed by atoms with Gasteiger partial charge in [0.1, 0.15) is 0 Å². The summed E-state index contributed by atoms with van der Waals surface area (Å²) in [5.41, 5.74) is 0. The van der Waals surface area contributed by atoms with Gasteiger partial charge in [0.15, 0.2) is 0 Å². The topological polar surface area (TPSA) is 0 Å². The molecule has 0 aliphatic heterocycles. The van der Waals surface area contributed by atoms with Crippen LogP contribution in [0.2, 0.25) is 0 Å². The van der Waals surface area contributed by atoms with E-state index in [1.165, 1.54) is 56.7 Å². The predicted octanol–water partition coefficient (Wildman–Crippen LogP) is 4.58. The van der Waals surface area contributed by atoms with Crippen molar-refractivity contribution in [3.8, 4) is 0 Å². The lowest BCUT2D eigenvalue weighted by atomic mass is 10.1. The first-order chi connectivity index (χ1) is 5.41. The van der Waals surface area contributed by atoms with Gasteiger partial charge >= 0.3 is 0 Å². The molecule has 76 valence electrons. The van der Waals surface area contributed by atoms with Crippen LogP contribution in [0.1, 0.15) is 58.3 Å². The van der Waals surface area contributed by atoms with E-state index in [4.69, 9.17) is 0 Å². The minimum absolute atomic E-state index is 0. The van der Waals surface area contributed by atoms with Crippen molar-refractivity contribution in [1.29, 1.82) is 0 Å². The average molecular weight is 255 g/mol. The summed E-state index contributed by atoms with van der Waals surface area (Å²) in [6, 6.07) is 0. The Hall–Kier alpha value is 0.910. The van der Waals surface area contributed by atoms with Gasteiger partial charge in [-0.3, -0.25) is 0 Å². The second-order valence-corrected chi connectivity index (χ2v) is 3.96. The minimum atomic E-state index is 0. The second kappa shape index (κ2) is 14.4. The molecule has 0 aliphatic carbocycles. The van der Waals surface area contributed by atoms with Gasteiger partial charge in [-0.1, -0.05) is 67.8 Å². The molecule has 0 saturated carbocycles. The first-order valence-corrected chi connectivity index (χ1v) is 6.10. The fraction of sp³-hybridized carbons (Fsp3) is 1.00. The third kappa shape index (κ3) is 13.5. The van der Waals surface area contributed by atoms with Crippen molar-refractivity contribution >= 4 is 25.8 Å². The van der Waals surface area contributed by atoms with Gasteiger partial charge < -0.3 is 0 Å². The summed E-state index contributed by atoms with van der Waals surface area (Å²) >= 11 is 3.44. The molecule has 2 heteroatoms. The van der Waals surface area contributed by atoms with Crippen molar-refractivity contribution in [3.63, 3.8) is 0 Å². The lowest BCUT2D eigenvalue weighted by molar-refractivity contribution is 0.587. The number of hydrogen-bond donors (Lipinski definition) is 0. The first kappa shape index (κ1) is 15.4.